The molecule has 8 nitrogen and oxygen atoms in total. The molecule has 3 rings (SSSR count). The molecule has 2 aromatic rings. The fourth-order valence-electron chi connectivity index (χ4n) is 3.28. The summed E-state index contributed by atoms with van der Waals surface area (Å²) in [5.41, 5.74) is -2.48. The molecule has 1 saturated heterocycles. The average Bonchev–Trinajstić information content (AvgIpc) is 3.06. The predicted octanol–water partition coefficient (Wildman–Crippen LogP) is 1.20. The first kappa shape index (κ1) is 21.8. The van der Waals surface area contributed by atoms with E-state index in [-0.39, 0.29) is 13.0 Å². The van der Waals surface area contributed by atoms with Crippen LogP contribution in [0.3, 0.4) is 0 Å². The minimum atomic E-state index is -4.69. The van der Waals surface area contributed by atoms with E-state index in [9.17, 15) is 32.7 Å². The highest BCUT2D eigenvalue weighted by atomic mass is 19.4. The van der Waals surface area contributed by atoms with Gasteiger partial charge in [-0.3, -0.25) is 19.1 Å². The van der Waals surface area contributed by atoms with Crippen LogP contribution < -0.4 is 16.6 Å². The number of nitrogens with zero attached hydrogens (tertiary/aromatic N) is 1. The van der Waals surface area contributed by atoms with Crippen molar-refractivity contribution in [3.8, 4) is 0 Å². The van der Waals surface area contributed by atoms with Gasteiger partial charge < -0.3 is 15.2 Å². The highest BCUT2D eigenvalue weighted by Crippen LogP contribution is 2.32. The van der Waals surface area contributed by atoms with Crippen LogP contribution in [0.25, 0.3) is 0 Å². The SMILES string of the molecule is CCc1cn([C@H]2C[C@H](O)[C@@H](CNC(=O)c3ccccc3C(F)(F)F)O2)c(=O)[nH]c1=O. The highest BCUT2D eigenvalue weighted by Gasteiger charge is 2.37. The van der Waals surface area contributed by atoms with E-state index in [1.807, 2.05) is 0 Å². The van der Waals surface area contributed by atoms with E-state index in [1.165, 1.54) is 18.3 Å². The molecule has 11 heteroatoms. The second-order valence-corrected chi connectivity index (χ2v) is 6.86. The number of ether oxygens (including phenoxy) is 1. The van der Waals surface area contributed by atoms with Gasteiger partial charge in [0.15, 0.2) is 0 Å². The van der Waals surface area contributed by atoms with Crippen LogP contribution in [0.15, 0.2) is 40.1 Å². The molecule has 1 amide bonds. The smallest absolute Gasteiger partial charge is 0.390 e. The largest absolute Gasteiger partial charge is 0.417 e. The molecule has 0 aliphatic carbocycles. The molecule has 3 atom stereocenters. The number of halogens is 3. The van der Waals surface area contributed by atoms with Gasteiger partial charge in [-0.1, -0.05) is 19.1 Å². The lowest BCUT2D eigenvalue weighted by Gasteiger charge is -2.18. The molecule has 0 saturated carbocycles. The van der Waals surface area contributed by atoms with Crippen LogP contribution in [0.2, 0.25) is 0 Å². The molecule has 0 bridgehead atoms. The van der Waals surface area contributed by atoms with E-state index in [0.717, 1.165) is 16.7 Å². The molecule has 162 valence electrons. The topological polar surface area (TPSA) is 113 Å². The molecule has 1 aromatic heterocycles. The number of H-pyrrole nitrogens is 1. The van der Waals surface area contributed by atoms with Crippen molar-refractivity contribution >= 4 is 5.91 Å². The van der Waals surface area contributed by atoms with Crippen molar-refractivity contribution in [3.05, 3.63) is 68.0 Å². The Labute approximate surface area is 168 Å². The number of amides is 1. The molecule has 0 unspecified atom stereocenters. The average molecular weight is 427 g/mol. The maximum Gasteiger partial charge on any atom is 0.417 e. The Morgan fingerprint density at radius 3 is 2.70 bits per heavy atom. The Hall–Kier alpha value is -2.92. The molecule has 30 heavy (non-hydrogen) atoms. The van der Waals surface area contributed by atoms with Crippen LogP contribution >= 0.6 is 0 Å². The third-order valence-electron chi connectivity index (χ3n) is 4.88. The molecule has 1 aromatic carbocycles. The van der Waals surface area contributed by atoms with Crippen LogP contribution in [-0.4, -0.2) is 39.3 Å². The zero-order valence-corrected chi connectivity index (χ0v) is 15.9. The van der Waals surface area contributed by atoms with E-state index in [2.05, 4.69) is 10.3 Å². The number of aromatic nitrogens is 2. The summed E-state index contributed by atoms with van der Waals surface area (Å²) in [5.74, 6) is -0.961. The maximum atomic E-state index is 13.1. The highest BCUT2D eigenvalue weighted by molar-refractivity contribution is 5.95. The van der Waals surface area contributed by atoms with E-state index >= 15 is 0 Å². The van der Waals surface area contributed by atoms with E-state index in [1.54, 1.807) is 6.92 Å². The number of alkyl halides is 3. The number of carbonyl (C=O) groups is 1. The Balaban J connectivity index is 1.71. The fourth-order valence-corrected chi connectivity index (χ4v) is 3.28. The molecule has 2 heterocycles. The molecule has 3 N–H and O–H groups in total. The molecule has 0 spiro atoms. The summed E-state index contributed by atoms with van der Waals surface area (Å²) in [6, 6.07) is 4.36. The Bertz CT molecular complexity index is 1050. The van der Waals surface area contributed by atoms with Crippen molar-refractivity contribution in [2.24, 2.45) is 0 Å². The third-order valence-corrected chi connectivity index (χ3v) is 4.88. The summed E-state index contributed by atoms with van der Waals surface area (Å²) >= 11 is 0. The summed E-state index contributed by atoms with van der Waals surface area (Å²) in [4.78, 5) is 38.2. The van der Waals surface area contributed by atoms with E-state index in [4.69, 9.17) is 4.74 Å². The minimum absolute atomic E-state index is 0.00871. The van der Waals surface area contributed by atoms with Gasteiger partial charge in [0.2, 0.25) is 0 Å². The zero-order chi connectivity index (χ0) is 22.1. The monoisotopic (exact) mass is 427 g/mol. The Morgan fingerprint density at radius 2 is 2.03 bits per heavy atom. The summed E-state index contributed by atoms with van der Waals surface area (Å²) in [7, 11) is 0. The summed E-state index contributed by atoms with van der Waals surface area (Å²) < 4.78 is 46.0. The summed E-state index contributed by atoms with van der Waals surface area (Å²) in [6.07, 6.45) is -5.86. The number of aliphatic hydroxyl groups is 1. The first-order valence-electron chi connectivity index (χ1n) is 9.24. The first-order chi connectivity index (χ1) is 14.1. The zero-order valence-electron chi connectivity index (χ0n) is 15.9. The third kappa shape index (κ3) is 4.46. The molecule has 1 fully saturated rings. The molecular formula is C19H20F3N3O5. The number of aliphatic hydroxyl groups excluding tert-OH is 1. The van der Waals surface area contributed by atoms with Gasteiger partial charge in [0.25, 0.3) is 11.5 Å². The van der Waals surface area contributed by atoms with Gasteiger partial charge in [0.05, 0.1) is 17.2 Å². The van der Waals surface area contributed by atoms with Crippen LogP contribution in [0.4, 0.5) is 13.2 Å². The number of hydrogen-bond donors (Lipinski definition) is 3. The second kappa shape index (κ2) is 8.44. The number of rotatable bonds is 5. The van der Waals surface area contributed by atoms with E-state index < -0.39 is 52.9 Å². The lowest BCUT2D eigenvalue weighted by Crippen LogP contribution is -2.38. The van der Waals surface area contributed by atoms with Crippen LogP contribution in [0, 0.1) is 0 Å². The number of nitrogens with one attached hydrogen (secondary N) is 2. The number of carbonyl (C=O) groups excluding carboxylic acids is 1. The number of aryl methyl sites for hydroxylation is 1. The van der Waals surface area contributed by atoms with Crippen LogP contribution in [0.1, 0.15) is 41.1 Å². The van der Waals surface area contributed by atoms with Gasteiger partial charge in [-0.15, -0.1) is 0 Å². The first-order valence-corrected chi connectivity index (χ1v) is 9.24. The van der Waals surface area contributed by atoms with Crippen molar-refractivity contribution in [1.29, 1.82) is 0 Å². The van der Waals surface area contributed by atoms with Gasteiger partial charge in [-0.25, -0.2) is 4.79 Å². The number of hydrogen-bond acceptors (Lipinski definition) is 5. The normalized spacial score (nSPS) is 21.6. The number of aromatic amines is 1. The molecule has 1 aliphatic rings. The summed E-state index contributed by atoms with van der Waals surface area (Å²) in [5, 5.41) is 12.5. The standard InChI is InChI=1S/C19H20F3N3O5/c1-2-10-9-25(18(29)24-16(10)27)15-7-13(26)14(30-15)8-23-17(28)11-5-3-4-6-12(11)19(20,21)22/h3-6,9,13-15,26H,2,7-8H2,1H3,(H,23,28)(H,24,27,29)/t13-,14+,15+/m0/s1. The Kier molecular flexibility index (Phi) is 6.13. The quantitative estimate of drug-likeness (QED) is 0.664. The molecule has 0 radical (unpaired) electrons. The lowest BCUT2D eigenvalue weighted by atomic mass is 10.1. The molecular weight excluding hydrogens is 407 g/mol. The minimum Gasteiger partial charge on any atom is -0.390 e. The maximum absolute atomic E-state index is 13.1. The lowest BCUT2D eigenvalue weighted by molar-refractivity contribution is -0.137. The van der Waals surface area contributed by atoms with E-state index in [0.29, 0.717) is 12.0 Å². The van der Waals surface area contributed by atoms with Crippen molar-refractivity contribution < 1.29 is 27.8 Å². The van der Waals surface area contributed by atoms with Crippen molar-refractivity contribution in [2.75, 3.05) is 6.54 Å². The fraction of sp³-hybridized carbons (Fsp3) is 0.421. The van der Waals surface area contributed by atoms with Gasteiger partial charge in [-0.05, 0) is 18.6 Å². The van der Waals surface area contributed by atoms with Crippen molar-refractivity contribution in [2.45, 2.75) is 44.4 Å². The van der Waals surface area contributed by atoms with Gasteiger partial charge in [0, 0.05) is 24.7 Å². The second-order valence-electron chi connectivity index (χ2n) is 6.86. The number of benzene rings is 1. The van der Waals surface area contributed by atoms with Crippen molar-refractivity contribution in [1.82, 2.24) is 14.9 Å². The van der Waals surface area contributed by atoms with Gasteiger partial charge in [0.1, 0.15) is 12.3 Å². The predicted molar refractivity (Wildman–Crippen MR) is 99.0 cm³/mol. The van der Waals surface area contributed by atoms with Gasteiger partial charge >= 0.3 is 11.9 Å². The van der Waals surface area contributed by atoms with Gasteiger partial charge in [-0.2, -0.15) is 13.2 Å². The summed E-state index contributed by atoms with van der Waals surface area (Å²) in [6.45, 7) is 1.47. The van der Waals surface area contributed by atoms with Crippen LogP contribution in [0.5, 0.6) is 0 Å². The van der Waals surface area contributed by atoms with Crippen molar-refractivity contribution in [3.63, 3.8) is 0 Å². The molecule has 1 aliphatic heterocycles. The van der Waals surface area contributed by atoms with Crippen LogP contribution in [-0.2, 0) is 17.3 Å². The Morgan fingerprint density at radius 1 is 1.33 bits per heavy atom.